The quantitative estimate of drug-likeness (QED) is 0.795. The number of anilines is 2. The Labute approximate surface area is 155 Å². The van der Waals surface area contributed by atoms with Crippen molar-refractivity contribution in [3.63, 3.8) is 0 Å². The van der Waals surface area contributed by atoms with E-state index in [1.807, 2.05) is 45.9 Å². The molecule has 0 bridgehead atoms. The van der Waals surface area contributed by atoms with Crippen molar-refractivity contribution < 1.29 is 9.59 Å². The molecule has 138 valence electrons. The Morgan fingerprint density at radius 1 is 0.962 bits per heavy atom. The lowest BCUT2D eigenvalue weighted by atomic mass is 10.1. The normalized spacial score (nSPS) is 10.3. The molecule has 2 rings (SSSR count). The molecule has 0 aliphatic heterocycles. The van der Waals surface area contributed by atoms with Crippen molar-refractivity contribution in [3.8, 4) is 0 Å². The summed E-state index contributed by atoms with van der Waals surface area (Å²) in [6, 6.07) is 13.1. The van der Waals surface area contributed by atoms with E-state index < -0.39 is 0 Å². The first-order valence-corrected chi connectivity index (χ1v) is 8.95. The Morgan fingerprint density at radius 2 is 1.58 bits per heavy atom. The van der Waals surface area contributed by atoms with Crippen molar-refractivity contribution in [2.45, 2.75) is 27.7 Å². The third kappa shape index (κ3) is 4.85. The number of hydrogen-bond donors (Lipinski definition) is 2. The fraction of sp³-hybridized carbons (Fsp3) is 0.333. The second-order valence-corrected chi connectivity index (χ2v) is 6.23. The Hall–Kier alpha value is -2.82. The van der Waals surface area contributed by atoms with Crippen molar-refractivity contribution in [2.75, 3.05) is 30.3 Å². The van der Waals surface area contributed by atoms with Gasteiger partial charge in [0.25, 0.3) is 5.91 Å². The first-order chi connectivity index (χ1) is 12.5. The monoisotopic (exact) mass is 353 g/mol. The molecular formula is C21H27N3O2. The second kappa shape index (κ2) is 9.04. The average Bonchev–Trinajstić information content (AvgIpc) is 2.62. The van der Waals surface area contributed by atoms with Crippen LogP contribution in [0.1, 0.15) is 35.3 Å². The number of hydrogen-bond acceptors (Lipinski definition) is 3. The van der Waals surface area contributed by atoms with E-state index in [4.69, 9.17) is 0 Å². The minimum Gasteiger partial charge on any atom is -0.376 e. The van der Waals surface area contributed by atoms with Crippen molar-refractivity contribution in [2.24, 2.45) is 0 Å². The molecule has 5 heteroatoms. The lowest BCUT2D eigenvalue weighted by Gasteiger charge is -2.19. The van der Waals surface area contributed by atoms with Gasteiger partial charge in [-0.15, -0.1) is 0 Å². The number of nitrogens with one attached hydrogen (secondary N) is 2. The molecule has 2 aromatic rings. The molecule has 2 amide bonds. The molecule has 0 spiro atoms. The maximum atomic E-state index is 12.4. The number of carbonyl (C=O) groups is 2. The Kier molecular flexibility index (Phi) is 6.78. The zero-order valence-corrected chi connectivity index (χ0v) is 15.9. The van der Waals surface area contributed by atoms with Gasteiger partial charge < -0.3 is 15.5 Å². The van der Waals surface area contributed by atoms with Gasteiger partial charge in [-0.25, -0.2) is 0 Å². The van der Waals surface area contributed by atoms with Crippen LogP contribution in [-0.2, 0) is 4.79 Å². The van der Waals surface area contributed by atoms with Crippen LogP contribution in [-0.4, -0.2) is 36.3 Å². The minimum absolute atomic E-state index is 0.0280. The summed E-state index contributed by atoms with van der Waals surface area (Å²) in [6.45, 7) is 9.40. The van der Waals surface area contributed by atoms with Crippen molar-refractivity contribution in [3.05, 3.63) is 59.2 Å². The van der Waals surface area contributed by atoms with Crippen LogP contribution in [0.5, 0.6) is 0 Å². The van der Waals surface area contributed by atoms with Crippen LogP contribution in [0.4, 0.5) is 11.4 Å². The molecule has 0 saturated heterocycles. The maximum absolute atomic E-state index is 12.4. The van der Waals surface area contributed by atoms with Crippen LogP contribution in [0.25, 0.3) is 0 Å². The fourth-order valence-corrected chi connectivity index (χ4v) is 2.89. The summed E-state index contributed by atoms with van der Waals surface area (Å²) in [5.74, 6) is -0.181. The number of amides is 2. The summed E-state index contributed by atoms with van der Waals surface area (Å²) in [7, 11) is 0. The van der Waals surface area contributed by atoms with E-state index in [9.17, 15) is 9.59 Å². The highest BCUT2D eigenvalue weighted by atomic mass is 16.2. The molecule has 0 unspecified atom stereocenters. The van der Waals surface area contributed by atoms with Gasteiger partial charge in [0, 0.05) is 30.0 Å². The Morgan fingerprint density at radius 3 is 2.19 bits per heavy atom. The summed E-state index contributed by atoms with van der Waals surface area (Å²) in [5.41, 5.74) is 4.38. The maximum Gasteiger partial charge on any atom is 0.253 e. The Bertz CT molecular complexity index is 762. The second-order valence-electron chi connectivity index (χ2n) is 6.23. The smallest absolute Gasteiger partial charge is 0.253 e. The summed E-state index contributed by atoms with van der Waals surface area (Å²) in [5, 5.41) is 6.04. The number of benzene rings is 2. The van der Waals surface area contributed by atoms with E-state index >= 15 is 0 Å². The number of aryl methyl sites for hydroxylation is 2. The van der Waals surface area contributed by atoms with Gasteiger partial charge in [-0.05, 0) is 57.0 Å². The molecule has 2 N–H and O–H groups in total. The first-order valence-electron chi connectivity index (χ1n) is 8.95. The number of nitrogens with zero attached hydrogens (tertiary/aromatic N) is 1. The van der Waals surface area contributed by atoms with Gasteiger partial charge in [0.05, 0.1) is 6.54 Å². The van der Waals surface area contributed by atoms with Crippen LogP contribution in [0, 0.1) is 13.8 Å². The highest BCUT2D eigenvalue weighted by Crippen LogP contribution is 2.19. The van der Waals surface area contributed by atoms with E-state index in [1.165, 1.54) is 0 Å². The van der Waals surface area contributed by atoms with Crippen LogP contribution >= 0.6 is 0 Å². The highest BCUT2D eigenvalue weighted by molar-refractivity contribution is 5.98. The molecule has 0 heterocycles. The van der Waals surface area contributed by atoms with Crippen molar-refractivity contribution >= 4 is 23.2 Å². The predicted molar refractivity (Wildman–Crippen MR) is 107 cm³/mol. The number of para-hydroxylation sites is 1. The molecule has 0 atom stereocenters. The fourth-order valence-electron chi connectivity index (χ4n) is 2.89. The number of rotatable bonds is 7. The third-order valence-corrected chi connectivity index (χ3v) is 4.35. The largest absolute Gasteiger partial charge is 0.376 e. The van der Waals surface area contributed by atoms with Gasteiger partial charge in [0.1, 0.15) is 0 Å². The number of carbonyl (C=O) groups excluding carboxylic acids is 2. The van der Waals surface area contributed by atoms with E-state index in [0.717, 1.165) is 16.8 Å². The van der Waals surface area contributed by atoms with E-state index in [2.05, 4.69) is 10.6 Å². The molecule has 0 aliphatic rings. The molecule has 0 aromatic heterocycles. The highest BCUT2D eigenvalue weighted by Gasteiger charge is 2.13. The lowest BCUT2D eigenvalue weighted by molar-refractivity contribution is -0.114. The van der Waals surface area contributed by atoms with Gasteiger partial charge in [-0.1, -0.05) is 24.3 Å². The topological polar surface area (TPSA) is 61.4 Å². The van der Waals surface area contributed by atoms with Crippen LogP contribution in [0.15, 0.2) is 42.5 Å². The van der Waals surface area contributed by atoms with E-state index in [1.54, 1.807) is 29.2 Å². The SMILES string of the molecule is CCN(CC)C(=O)c1cccc(NC(=O)CNc2c(C)cccc2C)c1. The molecule has 5 nitrogen and oxygen atoms in total. The van der Waals surface area contributed by atoms with Gasteiger partial charge in [0.15, 0.2) is 0 Å². The molecule has 2 aromatic carbocycles. The van der Waals surface area contributed by atoms with Crippen LogP contribution < -0.4 is 10.6 Å². The van der Waals surface area contributed by atoms with Gasteiger partial charge >= 0.3 is 0 Å². The summed E-state index contributed by atoms with van der Waals surface area (Å²) in [4.78, 5) is 26.5. The zero-order chi connectivity index (χ0) is 19.1. The molecule has 0 fully saturated rings. The standard InChI is InChI=1S/C21H27N3O2/c1-5-24(6-2)21(26)17-11-8-12-18(13-17)23-19(25)14-22-20-15(3)9-7-10-16(20)4/h7-13,22H,5-6,14H2,1-4H3,(H,23,25). The predicted octanol–water partition coefficient (Wildman–Crippen LogP) is 3.84. The first kappa shape index (κ1) is 19.5. The van der Waals surface area contributed by atoms with Gasteiger partial charge in [-0.2, -0.15) is 0 Å². The molecule has 26 heavy (non-hydrogen) atoms. The van der Waals surface area contributed by atoms with Crippen LogP contribution in [0.3, 0.4) is 0 Å². The van der Waals surface area contributed by atoms with Crippen molar-refractivity contribution in [1.82, 2.24) is 4.90 Å². The summed E-state index contributed by atoms with van der Waals surface area (Å²) in [6.07, 6.45) is 0. The van der Waals surface area contributed by atoms with Crippen molar-refractivity contribution in [1.29, 1.82) is 0 Å². The molecule has 0 radical (unpaired) electrons. The summed E-state index contributed by atoms with van der Waals surface area (Å²) < 4.78 is 0. The van der Waals surface area contributed by atoms with E-state index in [0.29, 0.717) is 24.3 Å². The minimum atomic E-state index is -0.153. The van der Waals surface area contributed by atoms with Crippen LogP contribution in [0.2, 0.25) is 0 Å². The molecular weight excluding hydrogens is 326 g/mol. The molecule has 0 saturated carbocycles. The van der Waals surface area contributed by atoms with Gasteiger partial charge in [-0.3, -0.25) is 9.59 Å². The van der Waals surface area contributed by atoms with E-state index in [-0.39, 0.29) is 18.4 Å². The average molecular weight is 353 g/mol. The molecule has 0 aliphatic carbocycles. The summed E-state index contributed by atoms with van der Waals surface area (Å²) >= 11 is 0. The lowest BCUT2D eigenvalue weighted by Crippen LogP contribution is -2.30. The third-order valence-electron chi connectivity index (χ3n) is 4.35. The van der Waals surface area contributed by atoms with Gasteiger partial charge in [0.2, 0.25) is 5.91 Å². The Balaban J connectivity index is 2.01. The zero-order valence-electron chi connectivity index (χ0n) is 15.9.